The van der Waals surface area contributed by atoms with Crippen molar-refractivity contribution in [1.29, 1.82) is 0 Å². The number of benzene rings is 1. The minimum Gasteiger partial charge on any atom is -0.496 e. The van der Waals surface area contributed by atoms with Crippen LogP contribution in [-0.4, -0.2) is 32.1 Å². The van der Waals surface area contributed by atoms with Crippen LogP contribution in [0.4, 0.5) is 4.79 Å². The van der Waals surface area contributed by atoms with E-state index in [0.29, 0.717) is 0 Å². The van der Waals surface area contributed by atoms with Gasteiger partial charge in [0.05, 0.1) is 13.2 Å². The Morgan fingerprint density at radius 2 is 1.90 bits per heavy atom. The van der Waals surface area contributed by atoms with E-state index in [1.54, 1.807) is 14.0 Å². The first-order valence-electron chi connectivity index (χ1n) is 6.82. The molecule has 0 aliphatic carbocycles. The maximum Gasteiger partial charge on any atom is 0.321 e. The summed E-state index contributed by atoms with van der Waals surface area (Å²) >= 11 is 0. The molecule has 1 aromatic carbocycles. The summed E-state index contributed by atoms with van der Waals surface area (Å²) in [7, 11) is 3.07. The van der Waals surface area contributed by atoms with Crippen LogP contribution in [0.1, 0.15) is 31.0 Å². The predicted octanol–water partition coefficient (Wildman–Crippen LogP) is 1.50. The molecular formula is C15H23N3O3. The topological polar surface area (TPSA) is 79.5 Å². The van der Waals surface area contributed by atoms with Crippen LogP contribution in [0.2, 0.25) is 0 Å². The average molecular weight is 293 g/mol. The zero-order valence-electron chi connectivity index (χ0n) is 13.1. The van der Waals surface area contributed by atoms with E-state index in [9.17, 15) is 9.59 Å². The average Bonchev–Trinajstić information content (AvgIpc) is 2.46. The second kappa shape index (κ2) is 7.64. The number of carbonyl (C=O) groups is 2. The third-order valence-corrected chi connectivity index (χ3v) is 3.21. The van der Waals surface area contributed by atoms with Gasteiger partial charge in [0.1, 0.15) is 5.75 Å². The fourth-order valence-electron chi connectivity index (χ4n) is 2.02. The zero-order valence-corrected chi connectivity index (χ0v) is 13.1. The number of imide groups is 1. The Kier molecular flexibility index (Phi) is 6.17. The second-order valence-electron chi connectivity index (χ2n) is 4.92. The van der Waals surface area contributed by atoms with Crippen LogP contribution in [0.25, 0.3) is 0 Å². The molecule has 0 spiro atoms. The molecule has 3 N–H and O–H groups in total. The summed E-state index contributed by atoms with van der Waals surface area (Å²) < 4.78 is 5.34. The predicted molar refractivity (Wildman–Crippen MR) is 81.3 cm³/mol. The minimum absolute atomic E-state index is 0.0923. The van der Waals surface area contributed by atoms with Crippen LogP contribution in [0.3, 0.4) is 0 Å². The van der Waals surface area contributed by atoms with Crippen molar-refractivity contribution >= 4 is 11.9 Å². The normalized spacial score (nSPS) is 13.2. The monoisotopic (exact) mass is 293 g/mol. The van der Waals surface area contributed by atoms with Crippen molar-refractivity contribution in [2.24, 2.45) is 0 Å². The lowest BCUT2D eigenvalue weighted by Gasteiger charge is -2.21. The van der Waals surface area contributed by atoms with E-state index in [0.717, 1.165) is 16.9 Å². The van der Waals surface area contributed by atoms with Crippen molar-refractivity contribution in [2.75, 3.05) is 14.2 Å². The third kappa shape index (κ3) is 4.75. The van der Waals surface area contributed by atoms with Crippen LogP contribution in [0.15, 0.2) is 18.2 Å². The lowest BCUT2D eigenvalue weighted by atomic mass is 10.0. The number of carbonyl (C=O) groups excluding carboxylic acids is 2. The molecule has 0 saturated carbocycles. The first-order chi connectivity index (χ1) is 9.88. The molecule has 3 amide bonds. The Morgan fingerprint density at radius 1 is 1.24 bits per heavy atom. The van der Waals surface area contributed by atoms with Gasteiger partial charge in [-0.2, -0.15) is 0 Å². The molecule has 1 aromatic rings. The van der Waals surface area contributed by atoms with Crippen molar-refractivity contribution in [2.45, 2.75) is 32.9 Å². The Bertz CT molecular complexity index is 517. The van der Waals surface area contributed by atoms with Gasteiger partial charge in [-0.25, -0.2) is 4.79 Å². The number of methoxy groups -OCH3 is 1. The van der Waals surface area contributed by atoms with Gasteiger partial charge in [0, 0.05) is 18.7 Å². The first-order valence-corrected chi connectivity index (χ1v) is 6.82. The number of hydrogen-bond donors (Lipinski definition) is 3. The molecule has 0 unspecified atom stereocenters. The van der Waals surface area contributed by atoms with Gasteiger partial charge in [0.15, 0.2) is 0 Å². The van der Waals surface area contributed by atoms with E-state index in [4.69, 9.17) is 4.74 Å². The highest BCUT2D eigenvalue weighted by atomic mass is 16.5. The summed E-state index contributed by atoms with van der Waals surface area (Å²) in [6.07, 6.45) is 0. The van der Waals surface area contributed by atoms with E-state index < -0.39 is 12.1 Å². The molecule has 0 saturated heterocycles. The number of ether oxygens (including phenoxy) is 1. The van der Waals surface area contributed by atoms with Gasteiger partial charge in [0.25, 0.3) is 0 Å². The molecule has 0 aliphatic heterocycles. The van der Waals surface area contributed by atoms with Crippen molar-refractivity contribution in [3.8, 4) is 5.75 Å². The minimum atomic E-state index is -0.519. The maximum atomic E-state index is 11.8. The number of hydrogen-bond acceptors (Lipinski definition) is 4. The van der Waals surface area contributed by atoms with Gasteiger partial charge in [-0.3, -0.25) is 15.4 Å². The largest absolute Gasteiger partial charge is 0.496 e. The SMILES string of the molecule is CNC(=O)NC(=O)[C@H](C)N[C@H](C)c1cc(C)ccc1OC. The first kappa shape index (κ1) is 17.0. The molecule has 0 bridgehead atoms. The standard InChI is InChI=1S/C15H23N3O3/c1-9-6-7-13(21-5)12(8-9)10(2)17-11(3)14(19)18-15(20)16-4/h6-8,10-11,17H,1-5H3,(H2,16,18,19,20)/t10-,11+/m1/s1. The van der Waals surface area contributed by atoms with Crippen molar-refractivity contribution in [3.63, 3.8) is 0 Å². The number of amides is 3. The number of rotatable bonds is 5. The number of aryl methyl sites for hydroxylation is 1. The van der Waals surface area contributed by atoms with Crippen LogP contribution < -0.4 is 20.7 Å². The number of urea groups is 1. The highest BCUT2D eigenvalue weighted by Gasteiger charge is 2.19. The zero-order chi connectivity index (χ0) is 16.0. The molecule has 0 aromatic heterocycles. The third-order valence-electron chi connectivity index (χ3n) is 3.21. The van der Waals surface area contributed by atoms with E-state index in [1.165, 1.54) is 7.05 Å². The highest BCUT2D eigenvalue weighted by molar-refractivity contribution is 5.96. The second-order valence-corrected chi connectivity index (χ2v) is 4.92. The lowest BCUT2D eigenvalue weighted by molar-refractivity contribution is -0.121. The van der Waals surface area contributed by atoms with Crippen molar-refractivity contribution < 1.29 is 14.3 Å². The van der Waals surface area contributed by atoms with Gasteiger partial charge in [0.2, 0.25) is 5.91 Å². The summed E-state index contributed by atoms with van der Waals surface area (Å²) in [4.78, 5) is 23.0. The number of nitrogens with one attached hydrogen (secondary N) is 3. The Hall–Kier alpha value is -2.08. The van der Waals surface area contributed by atoms with E-state index in [2.05, 4.69) is 16.0 Å². The molecule has 0 heterocycles. The van der Waals surface area contributed by atoms with Gasteiger partial charge in [-0.05, 0) is 26.8 Å². The maximum absolute atomic E-state index is 11.8. The molecule has 2 atom stereocenters. The van der Waals surface area contributed by atoms with Crippen LogP contribution in [-0.2, 0) is 4.79 Å². The lowest BCUT2D eigenvalue weighted by Crippen LogP contribution is -2.47. The van der Waals surface area contributed by atoms with Crippen molar-refractivity contribution in [1.82, 2.24) is 16.0 Å². The van der Waals surface area contributed by atoms with Gasteiger partial charge < -0.3 is 10.1 Å². The van der Waals surface area contributed by atoms with E-state index in [-0.39, 0.29) is 11.9 Å². The summed E-state index contributed by atoms with van der Waals surface area (Å²) in [5.74, 6) is 0.382. The molecule has 6 heteroatoms. The Balaban J connectivity index is 2.76. The molecule has 0 radical (unpaired) electrons. The quantitative estimate of drug-likeness (QED) is 0.768. The smallest absolute Gasteiger partial charge is 0.321 e. The molecule has 6 nitrogen and oxygen atoms in total. The van der Waals surface area contributed by atoms with Crippen LogP contribution >= 0.6 is 0 Å². The van der Waals surface area contributed by atoms with Crippen molar-refractivity contribution in [3.05, 3.63) is 29.3 Å². The summed E-state index contributed by atoms with van der Waals surface area (Å²) in [6.45, 7) is 5.65. The van der Waals surface area contributed by atoms with Gasteiger partial charge >= 0.3 is 6.03 Å². The Labute approximate surface area is 125 Å². The molecule has 116 valence electrons. The summed E-state index contributed by atoms with van der Waals surface area (Å²) in [6, 6.07) is 4.76. The van der Waals surface area contributed by atoms with Gasteiger partial charge in [-0.15, -0.1) is 0 Å². The fourth-order valence-corrected chi connectivity index (χ4v) is 2.02. The van der Waals surface area contributed by atoms with Crippen LogP contribution in [0.5, 0.6) is 5.75 Å². The molecule has 21 heavy (non-hydrogen) atoms. The molecule has 0 fully saturated rings. The van der Waals surface area contributed by atoms with Crippen LogP contribution in [0, 0.1) is 6.92 Å². The molecular weight excluding hydrogens is 270 g/mol. The highest BCUT2D eigenvalue weighted by Crippen LogP contribution is 2.26. The molecule has 0 aliphatic rings. The molecule has 1 rings (SSSR count). The fraction of sp³-hybridized carbons (Fsp3) is 0.467. The van der Waals surface area contributed by atoms with E-state index in [1.807, 2.05) is 32.0 Å². The van der Waals surface area contributed by atoms with E-state index >= 15 is 0 Å². The Morgan fingerprint density at radius 3 is 2.48 bits per heavy atom. The summed E-state index contributed by atoms with van der Waals surface area (Å²) in [5.41, 5.74) is 2.08. The summed E-state index contributed by atoms with van der Waals surface area (Å²) in [5, 5.41) is 7.74. The van der Waals surface area contributed by atoms with Gasteiger partial charge in [-0.1, -0.05) is 17.7 Å².